The van der Waals surface area contributed by atoms with Gasteiger partial charge in [0.1, 0.15) is 5.82 Å². The van der Waals surface area contributed by atoms with Crippen molar-refractivity contribution in [1.82, 2.24) is 4.72 Å². The second kappa shape index (κ2) is 5.19. The Morgan fingerprint density at radius 3 is 2.53 bits per heavy atom. The van der Waals surface area contributed by atoms with E-state index < -0.39 is 43.5 Å². The van der Waals surface area contributed by atoms with Crippen molar-refractivity contribution in [3.8, 4) is 0 Å². The molecule has 0 radical (unpaired) electrons. The zero-order valence-electron chi connectivity index (χ0n) is 10.3. The van der Waals surface area contributed by atoms with Crippen LogP contribution in [0.2, 0.25) is 0 Å². The van der Waals surface area contributed by atoms with Crippen molar-refractivity contribution >= 4 is 15.7 Å². The topological polar surface area (TPSA) is 110 Å². The van der Waals surface area contributed by atoms with E-state index in [4.69, 9.17) is 5.11 Å². The summed E-state index contributed by atoms with van der Waals surface area (Å²) in [5, 5.41) is 19.8. The standard InChI is InChI=1S/C10H13FN2O5S/c1-10(2,6-14)12-19(17,18)9-4-3-7(11)5-8(9)13(15)16/h3-5,12,14H,6H2,1-2H3. The number of hydrogen-bond donors (Lipinski definition) is 2. The van der Waals surface area contributed by atoms with Crippen molar-refractivity contribution in [2.45, 2.75) is 24.3 Å². The summed E-state index contributed by atoms with van der Waals surface area (Å²) < 4.78 is 39.0. The molecule has 0 atom stereocenters. The van der Waals surface area contributed by atoms with Crippen LogP contribution in [0.1, 0.15) is 13.8 Å². The van der Waals surface area contributed by atoms with Crippen molar-refractivity contribution in [1.29, 1.82) is 0 Å². The summed E-state index contributed by atoms with van der Waals surface area (Å²) in [6.07, 6.45) is 0. The van der Waals surface area contributed by atoms with Crippen LogP contribution in [0, 0.1) is 15.9 Å². The van der Waals surface area contributed by atoms with Gasteiger partial charge in [-0.05, 0) is 26.0 Å². The molecule has 7 nitrogen and oxygen atoms in total. The number of nitrogens with one attached hydrogen (secondary N) is 1. The van der Waals surface area contributed by atoms with Crippen LogP contribution in [-0.2, 0) is 10.0 Å². The molecular formula is C10H13FN2O5S. The molecule has 106 valence electrons. The first-order valence-corrected chi connectivity index (χ1v) is 6.66. The van der Waals surface area contributed by atoms with Crippen molar-refractivity contribution in [2.24, 2.45) is 0 Å². The normalized spacial score (nSPS) is 12.4. The Balaban J connectivity index is 3.33. The zero-order valence-corrected chi connectivity index (χ0v) is 11.1. The van der Waals surface area contributed by atoms with Gasteiger partial charge in [-0.15, -0.1) is 0 Å². The SMILES string of the molecule is CC(C)(CO)NS(=O)(=O)c1ccc(F)cc1[N+](=O)[O-]. The van der Waals surface area contributed by atoms with Crippen LogP contribution in [0.5, 0.6) is 0 Å². The van der Waals surface area contributed by atoms with Crippen LogP contribution < -0.4 is 4.72 Å². The number of aliphatic hydroxyl groups is 1. The third-order valence-electron chi connectivity index (χ3n) is 2.21. The van der Waals surface area contributed by atoms with Crippen LogP contribution in [0.3, 0.4) is 0 Å². The van der Waals surface area contributed by atoms with E-state index in [1.807, 2.05) is 0 Å². The summed E-state index contributed by atoms with van der Waals surface area (Å²) in [6.45, 7) is 2.31. The first kappa shape index (κ1) is 15.5. The van der Waals surface area contributed by atoms with Gasteiger partial charge in [-0.1, -0.05) is 0 Å². The number of sulfonamides is 1. The van der Waals surface area contributed by atoms with E-state index in [0.717, 1.165) is 12.1 Å². The van der Waals surface area contributed by atoms with Gasteiger partial charge < -0.3 is 5.11 Å². The Morgan fingerprint density at radius 2 is 2.05 bits per heavy atom. The van der Waals surface area contributed by atoms with Crippen molar-refractivity contribution in [2.75, 3.05) is 6.61 Å². The van der Waals surface area contributed by atoms with E-state index >= 15 is 0 Å². The number of aliphatic hydroxyl groups excluding tert-OH is 1. The lowest BCUT2D eigenvalue weighted by atomic mass is 10.1. The summed E-state index contributed by atoms with van der Waals surface area (Å²) in [5.41, 5.74) is -2.05. The molecule has 0 aliphatic heterocycles. The molecule has 2 N–H and O–H groups in total. The number of nitrogens with zero attached hydrogens (tertiary/aromatic N) is 1. The summed E-state index contributed by atoms with van der Waals surface area (Å²) in [5.74, 6) is -0.910. The van der Waals surface area contributed by atoms with Crippen LogP contribution in [-0.4, -0.2) is 30.6 Å². The summed E-state index contributed by atoms with van der Waals surface area (Å²) in [7, 11) is -4.24. The number of hydrogen-bond acceptors (Lipinski definition) is 5. The Hall–Kier alpha value is -1.58. The molecule has 0 fully saturated rings. The lowest BCUT2D eigenvalue weighted by Gasteiger charge is -2.22. The van der Waals surface area contributed by atoms with E-state index in [1.54, 1.807) is 0 Å². The molecule has 1 aromatic rings. The third kappa shape index (κ3) is 3.69. The highest BCUT2D eigenvalue weighted by Crippen LogP contribution is 2.25. The molecule has 0 spiro atoms. The quantitative estimate of drug-likeness (QED) is 0.615. The lowest BCUT2D eigenvalue weighted by Crippen LogP contribution is -2.46. The molecule has 0 aliphatic carbocycles. The first-order chi connectivity index (χ1) is 8.59. The number of rotatable bonds is 5. The summed E-state index contributed by atoms with van der Waals surface area (Å²) in [4.78, 5) is 9.12. The molecule has 0 heterocycles. The average molecular weight is 292 g/mol. The highest BCUT2D eigenvalue weighted by molar-refractivity contribution is 7.89. The van der Waals surface area contributed by atoms with Gasteiger partial charge in [0, 0.05) is 0 Å². The largest absolute Gasteiger partial charge is 0.394 e. The number of nitro groups is 1. The van der Waals surface area contributed by atoms with Gasteiger partial charge in [0.2, 0.25) is 10.0 Å². The highest BCUT2D eigenvalue weighted by atomic mass is 32.2. The maximum atomic E-state index is 12.9. The number of halogens is 1. The minimum atomic E-state index is -4.24. The minimum Gasteiger partial charge on any atom is -0.394 e. The van der Waals surface area contributed by atoms with Crippen LogP contribution in [0.15, 0.2) is 23.1 Å². The molecule has 1 rings (SSSR count). The minimum absolute atomic E-state index is 0.499. The smallest absolute Gasteiger partial charge is 0.292 e. The molecule has 0 bridgehead atoms. The Morgan fingerprint density at radius 1 is 1.47 bits per heavy atom. The fourth-order valence-electron chi connectivity index (χ4n) is 1.31. The van der Waals surface area contributed by atoms with E-state index in [0.29, 0.717) is 6.07 Å². The fraction of sp³-hybridized carbons (Fsp3) is 0.400. The molecule has 19 heavy (non-hydrogen) atoms. The highest BCUT2D eigenvalue weighted by Gasteiger charge is 2.31. The summed E-state index contributed by atoms with van der Waals surface area (Å²) in [6, 6.07) is 2.15. The Labute approximate surface area is 109 Å². The van der Waals surface area contributed by atoms with Crippen LogP contribution >= 0.6 is 0 Å². The molecule has 0 saturated heterocycles. The van der Waals surface area contributed by atoms with Crippen LogP contribution in [0.4, 0.5) is 10.1 Å². The predicted octanol–water partition coefficient (Wildman–Crippen LogP) is 0.783. The molecule has 0 amide bonds. The van der Waals surface area contributed by atoms with Gasteiger partial charge in [-0.3, -0.25) is 10.1 Å². The molecule has 9 heteroatoms. The van der Waals surface area contributed by atoms with E-state index in [2.05, 4.69) is 4.72 Å². The van der Waals surface area contributed by atoms with Gasteiger partial charge in [-0.25, -0.2) is 17.5 Å². The van der Waals surface area contributed by atoms with Crippen LogP contribution in [0.25, 0.3) is 0 Å². The van der Waals surface area contributed by atoms with Crippen molar-refractivity contribution in [3.05, 3.63) is 34.1 Å². The van der Waals surface area contributed by atoms with Gasteiger partial charge in [0.15, 0.2) is 4.90 Å². The first-order valence-electron chi connectivity index (χ1n) is 5.18. The molecule has 0 unspecified atom stereocenters. The lowest BCUT2D eigenvalue weighted by molar-refractivity contribution is -0.388. The second-order valence-electron chi connectivity index (χ2n) is 4.52. The third-order valence-corrected chi connectivity index (χ3v) is 3.96. The molecule has 1 aromatic carbocycles. The van der Waals surface area contributed by atoms with E-state index in [1.165, 1.54) is 13.8 Å². The second-order valence-corrected chi connectivity index (χ2v) is 6.17. The number of nitro benzene ring substituents is 1. The Kier molecular flexibility index (Phi) is 4.23. The van der Waals surface area contributed by atoms with Crippen molar-refractivity contribution < 1.29 is 22.8 Å². The predicted molar refractivity (Wildman–Crippen MR) is 64.5 cm³/mol. The molecule has 0 saturated carbocycles. The average Bonchev–Trinajstić information content (AvgIpc) is 2.27. The number of benzene rings is 1. The zero-order chi connectivity index (χ0) is 14.8. The molecular weight excluding hydrogens is 279 g/mol. The fourth-order valence-corrected chi connectivity index (χ4v) is 2.87. The van der Waals surface area contributed by atoms with Gasteiger partial charge in [0.25, 0.3) is 5.69 Å². The molecule has 0 aromatic heterocycles. The van der Waals surface area contributed by atoms with Crippen molar-refractivity contribution in [3.63, 3.8) is 0 Å². The maximum Gasteiger partial charge on any atom is 0.292 e. The Bertz CT molecular complexity index is 600. The van der Waals surface area contributed by atoms with Gasteiger partial charge in [0.05, 0.1) is 23.1 Å². The van der Waals surface area contributed by atoms with E-state index in [9.17, 15) is 22.9 Å². The van der Waals surface area contributed by atoms with Gasteiger partial charge in [-0.2, -0.15) is 0 Å². The van der Waals surface area contributed by atoms with Gasteiger partial charge >= 0.3 is 0 Å². The monoisotopic (exact) mass is 292 g/mol. The maximum absolute atomic E-state index is 12.9. The van der Waals surface area contributed by atoms with E-state index in [-0.39, 0.29) is 0 Å². The molecule has 0 aliphatic rings. The summed E-state index contributed by atoms with van der Waals surface area (Å²) >= 11 is 0.